The second-order valence-electron chi connectivity index (χ2n) is 1.88. The monoisotopic (exact) mass is 100 g/mol. The molecule has 7 heavy (non-hydrogen) atoms. The molecule has 0 bridgehead atoms. The van der Waals surface area contributed by atoms with Crippen LogP contribution in [0.25, 0.3) is 0 Å². The number of hydrogen-bond donors (Lipinski definition) is 0. The second-order valence-corrected chi connectivity index (χ2v) is 1.88. The molecule has 0 spiro atoms. The zero-order valence-electron chi connectivity index (χ0n) is 4.23. The van der Waals surface area contributed by atoms with E-state index in [1.165, 1.54) is 0 Å². The lowest BCUT2D eigenvalue weighted by atomic mass is 10.1. The summed E-state index contributed by atoms with van der Waals surface area (Å²) in [4.78, 5) is 0. The van der Waals surface area contributed by atoms with Crippen molar-refractivity contribution >= 4 is 0 Å². The van der Waals surface area contributed by atoms with Crippen molar-refractivity contribution in [2.45, 2.75) is 25.4 Å². The van der Waals surface area contributed by atoms with E-state index in [9.17, 15) is 4.39 Å². The van der Waals surface area contributed by atoms with Gasteiger partial charge in [0.15, 0.2) is 0 Å². The van der Waals surface area contributed by atoms with Crippen molar-refractivity contribution in [2.24, 2.45) is 0 Å². The molecule has 1 heteroatoms. The molecule has 1 unspecified atom stereocenters. The maximum atomic E-state index is 12.1. The molecule has 0 amide bonds. The molecule has 1 atom stereocenters. The van der Waals surface area contributed by atoms with Crippen LogP contribution >= 0.6 is 0 Å². The lowest BCUT2D eigenvalue weighted by Crippen LogP contribution is -1.99. The van der Waals surface area contributed by atoms with E-state index in [0.717, 1.165) is 12.8 Å². The van der Waals surface area contributed by atoms with Gasteiger partial charge in [0.1, 0.15) is 6.17 Å². The van der Waals surface area contributed by atoms with Crippen LogP contribution in [0.3, 0.4) is 0 Å². The van der Waals surface area contributed by atoms with E-state index in [-0.39, 0.29) is 0 Å². The van der Waals surface area contributed by atoms with Crippen molar-refractivity contribution in [1.29, 1.82) is 0 Å². The van der Waals surface area contributed by atoms with Crippen LogP contribution < -0.4 is 0 Å². The molecule has 0 heterocycles. The Hall–Kier alpha value is -0.330. The second kappa shape index (κ2) is 2.10. The molecular weight excluding hydrogens is 91.1 g/mol. The van der Waals surface area contributed by atoms with Gasteiger partial charge in [-0.25, -0.2) is 4.39 Å². The van der Waals surface area contributed by atoms with Crippen LogP contribution in [0.15, 0.2) is 12.2 Å². The van der Waals surface area contributed by atoms with Crippen molar-refractivity contribution in [1.82, 2.24) is 0 Å². The Morgan fingerprint density at radius 3 is 2.57 bits per heavy atom. The fraction of sp³-hybridized carbons (Fsp3) is 0.667. The summed E-state index contributed by atoms with van der Waals surface area (Å²) in [5.74, 6) is 0. The SMILES string of the molecule is FC1CC=CCC1. The molecule has 0 N–H and O–H groups in total. The van der Waals surface area contributed by atoms with E-state index in [4.69, 9.17) is 0 Å². The average Bonchev–Trinajstić information content (AvgIpc) is 1.69. The molecule has 0 aromatic rings. The number of halogens is 1. The van der Waals surface area contributed by atoms with Gasteiger partial charge >= 0.3 is 0 Å². The maximum absolute atomic E-state index is 12.1. The minimum absolute atomic E-state index is 0.551. The van der Waals surface area contributed by atoms with Crippen molar-refractivity contribution in [3.63, 3.8) is 0 Å². The predicted molar refractivity (Wildman–Crippen MR) is 27.9 cm³/mol. The number of hydrogen-bond acceptors (Lipinski definition) is 0. The first kappa shape index (κ1) is 4.82. The third kappa shape index (κ3) is 1.30. The largest absolute Gasteiger partial charge is 0.247 e. The van der Waals surface area contributed by atoms with Gasteiger partial charge in [0, 0.05) is 0 Å². The number of rotatable bonds is 0. The van der Waals surface area contributed by atoms with Gasteiger partial charge in [0.2, 0.25) is 0 Å². The molecule has 1 aliphatic rings. The summed E-state index contributed by atoms with van der Waals surface area (Å²) in [5, 5.41) is 0. The molecule has 0 radical (unpaired) electrons. The van der Waals surface area contributed by atoms with Crippen molar-refractivity contribution in [3.8, 4) is 0 Å². The topological polar surface area (TPSA) is 0 Å². The zero-order chi connectivity index (χ0) is 5.11. The van der Waals surface area contributed by atoms with E-state index in [2.05, 4.69) is 0 Å². The first-order chi connectivity index (χ1) is 3.39. The predicted octanol–water partition coefficient (Wildman–Crippen LogP) is 2.06. The summed E-state index contributed by atoms with van der Waals surface area (Å²) >= 11 is 0. The average molecular weight is 100 g/mol. The fourth-order valence-corrected chi connectivity index (χ4v) is 0.757. The third-order valence-corrected chi connectivity index (χ3v) is 1.21. The van der Waals surface area contributed by atoms with Crippen LogP contribution in [0.5, 0.6) is 0 Å². The van der Waals surface area contributed by atoms with Gasteiger partial charge in [0.25, 0.3) is 0 Å². The quantitative estimate of drug-likeness (QED) is 0.409. The highest BCUT2D eigenvalue weighted by Gasteiger charge is 2.04. The number of allylic oxidation sites excluding steroid dienone is 2. The first-order valence-corrected chi connectivity index (χ1v) is 2.68. The van der Waals surface area contributed by atoms with E-state index in [1.807, 2.05) is 12.2 Å². The zero-order valence-corrected chi connectivity index (χ0v) is 4.23. The van der Waals surface area contributed by atoms with Crippen LogP contribution in [-0.2, 0) is 0 Å². The van der Waals surface area contributed by atoms with Gasteiger partial charge in [0.05, 0.1) is 0 Å². The Kier molecular flexibility index (Phi) is 1.45. The van der Waals surface area contributed by atoms with Crippen LogP contribution in [0.2, 0.25) is 0 Å². The Labute approximate surface area is 43.0 Å². The van der Waals surface area contributed by atoms with Gasteiger partial charge in [-0.15, -0.1) is 0 Å². The molecule has 0 aromatic carbocycles. The lowest BCUT2D eigenvalue weighted by Gasteiger charge is -2.05. The molecule has 1 rings (SSSR count). The summed E-state index contributed by atoms with van der Waals surface area (Å²) in [6.07, 6.45) is 5.70. The molecule has 1 aliphatic carbocycles. The number of alkyl halides is 1. The highest BCUT2D eigenvalue weighted by Crippen LogP contribution is 2.12. The van der Waals surface area contributed by atoms with Crippen LogP contribution in [-0.4, -0.2) is 6.17 Å². The summed E-state index contributed by atoms with van der Waals surface area (Å²) in [7, 11) is 0. The van der Waals surface area contributed by atoms with Crippen molar-refractivity contribution < 1.29 is 4.39 Å². The summed E-state index contributed by atoms with van der Waals surface area (Å²) in [5.41, 5.74) is 0. The van der Waals surface area contributed by atoms with E-state index in [0.29, 0.717) is 6.42 Å². The molecule has 0 aromatic heterocycles. The normalized spacial score (nSPS) is 30.7. The van der Waals surface area contributed by atoms with E-state index in [1.54, 1.807) is 0 Å². The molecule has 0 saturated carbocycles. The van der Waals surface area contributed by atoms with Gasteiger partial charge < -0.3 is 0 Å². The Morgan fingerprint density at radius 2 is 2.29 bits per heavy atom. The summed E-state index contributed by atoms with van der Waals surface area (Å²) < 4.78 is 12.1. The highest BCUT2D eigenvalue weighted by atomic mass is 19.1. The highest BCUT2D eigenvalue weighted by molar-refractivity contribution is 4.89. The van der Waals surface area contributed by atoms with E-state index >= 15 is 0 Å². The molecule has 0 fully saturated rings. The third-order valence-electron chi connectivity index (χ3n) is 1.21. The molecule has 0 aliphatic heterocycles. The molecule has 0 saturated heterocycles. The van der Waals surface area contributed by atoms with Gasteiger partial charge in [-0.3, -0.25) is 0 Å². The van der Waals surface area contributed by atoms with Gasteiger partial charge in [-0.2, -0.15) is 0 Å². The molecular formula is C6H9F. The fourth-order valence-electron chi connectivity index (χ4n) is 0.757. The van der Waals surface area contributed by atoms with Gasteiger partial charge in [-0.1, -0.05) is 12.2 Å². The minimum Gasteiger partial charge on any atom is -0.247 e. The van der Waals surface area contributed by atoms with Crippen LogP contribution in [0, 0.1) is 0 Å². The Morgan fingerprint density at radius 1 is 1.43 bits per heavy atom. The summed E-state index contributed by atoms with van der Waals surface area (Å²) in [6, 6.07) is 0. The van der Waals surface area contributed by atoms with Gasteiger partial charge in [-0.05, 0) is 19.3 Å². The van der Waals surface area contributed by atoms with Crippen LogP contribution in [0.4, 0.5) is 4.39 Å². The smallest absolute Gasteiger partial charge is 0.104 e. The first-order valence-electron chi connectivity index (χ1n) is 2.68. The molecule has 40 valence electrons. The lowest BCUT2D eigenvalue weighted by molar-refractivity contribution is 0.311. The summed E-state index contributed by atoms with van der Waals surface area (Å²) in [6.45, 7) is 0. The maximum Gasteiger partial charge on any atom is 0.104 e. The molecule has 0 nitrogen and oxygen atoms in total. The van der Waals surface area contributed by atoms with Crippen molar-refractivity contribution in [2.75, 3.05) is 0 Å². The standard InChI is InChI=1S/C6H9F/c7-6-4-2-1-3-5-6/h1-2,6H,3-5H2. The van der Waals surface area contributed by atoms with E-state index < -0.39 is 6.17 Å². The minimum atomic E-state index is -0.551. The Balaban J connectivity index is 2.32. The van der Waals surface area contributed by atoms with Crippen molar-refractivity contribution in [3.05, 3.63) is 12.2 Å². The van der Waals surface area contributed by atoms with Crippen LogP contribution in [0.1, 0.15) is 19.3 Å². The Bertz CT molecular complexity index is 76.2.